The number of hydrogen-bond donors (Lipinski definition) is 0. The predicted molar refractivity (Wildman–Crippen MR) is 97.0 cm³/mol. The maximum absolute atomic E-state index is 12.8. The molecule has 0 N–H and O–H groups in total. The molecule has 0 spiro atoms. The number of carbonyl (C=O) groups is 1. The van der Waals surface area contributed by atoms with Crippen LogP contribution in [-0.4, -0.2) is 49.1 Å². The van der Waals surface area contributed by atoms with Gasteiger partial charge >= 0.3 is 0 Å². The Kier molecular flexibility index (Phi) is 6.01. The molecule has 1 amide bonds. The van der Waals surface area contributed by atoms with Crippen LogP contribution in [0.25, 0.3) is 0 Å². The summed E-state index contributed by atoms with van der Waals surface area (Å²) >= 11 is 1.83. The second-order valence-corrected chi connectivity index (χ2v) is 7.12. The predicted octanol–water partition coefficient (Wildman–Crippen LogP) is 2.78. The second-order valence-electron chi connectivity index (χ2n) is 6.12. The van der Waals surface area contributed by atoms with E-state index in [0.717, 1.165) is 25.1 Å². The molecule has 0 atom stereocenters. The zero-order valence-electron chi connectivity index (χ0n) is 14.1. The van der Waals surface area contributed by atoms with Gasteiger partial charge in [-0.1, -0.05) is 30.3 Å². The van der Waals surface area contributed by atoms with Crippen molar-refractivity contribution in [1.29, 1.82) is 0 Å². The molecule has 1 aliphatic heterocycles. The lowest BCUT2D eigenvalue weighted by atomic mass is 10.1. The average Bonchev–Trinajstić information content (AvgIpc) is 3.07. The standard InChI is InChI=1S/C19H24N2O2S/c1-23-11-10-21(13-16-5-3-2-4-6-16)19(22)15-20-9-7-18-17(14-20)8-12-24-18/h2-6,8,12H,7,9-11,13-15H2,1H3. The van der Waals surface area contributed by atoms with Gasteiger partial charge in [0.1, 0.15) is 0 Å². The molecule has 1 aromatic heterocycles. The number of carbonyl (C=O) groups excluding carboxylic acids is 1. The molecule has 0 saturated heterocycles. The maximum Gasteiger partial charge on any atom is 0.237 e. The van der Waals surface area contributed by atoms with Crippen LogP contribution in [0.15, 0.2) is 41.8 Å². The summed E-state index contributed by atoms with van der Waals surface area (Å²) in [5.41, 5.74) is 2.53. The van der Waals surface area contributed by atoms with Gasteiger partial charge < -0.3 is 9.64 Å². The smallest absolute Gasteiger partial charge is 0.237 e. The Morgan fingerprint density at radius 2 is 2.12 bits per heavy atom. The third-order valence-corrected chi connectivity index (χ3v) is 5.40. The van der Waals surface area contributed by atoms with Crippen molar-refractivity contribution in [1.82, 2.24) is 9.80 Å². The monoisotopic (exact) mass is 344 g/mol. The van der Waals surface area contributed by atoms with Gasteiger partial charge in [-0.25, -0.2) is 0 Å². The first kappa shape index (κ1) is 17.1. The SMILES string of the molecule is COCCN(Cc1ccccc1)C(=O)CN1CCc2sccc2C1. The highest BCUT2D eigenvalue weighted by molar-refractivity contribution is 7.10. The first-order valence-electron chi connectivity index (χ1n) is 8.34. The Balaban J connectivity index is 1.61. The van der Waals surface area contributed by atoms with Gasteiger partial charge in [0.15, 0.2) is 0 Å². The largest absolute Gasteiger partial charge is 0.383 e. The molecule has 0 unspecified atom stereocenters. The van der Waals surface area contributed by atoms with Crippen LogP contribution in [0.4, 0.5) is 0 Å². The minimum atomic E-state index is 0.176. The van der Waals surface area contributed by atoms with Crippen LogP contribution in [-0.2, 0) is 29.0 Å². The fourth-order valence-electron chi connectivity index (χ4n) is 3.03. The average molecular weight is 344 g/mol. The van der Waals surface area contributed by atoms with Crippen LogP contribution < -0.4 is 0 Å². The van der Waals surface area contributed by atoms with E-state index in [0.29, 0.717) is 26.2 Å². The van der Waals surface area contributed by atoms with Crippen LogP contribution in [0.1, 0.15) is 16.0 Å². The first-order chi connectivity index (χ1) is 11.8. The van der Waals surface area contributed by atoms with Crippen LogP contribution in [0, 0.1) is 0 Å². The van der Waals surface area contributed by atoms with Gasteiger partial charge in [-0.3, -0.25) is 9.69 Å². The van der Waals surface area contributed by atoms with Gasteiger partial charge in [0.05, 0.1) is 13.2 Å². The van der Waals surface area contributed by atoms with Crippen molar-refractivity contribution in [2.24, 2.45) is 0 Å². The highest BCUT2D eigenvalue weighted by Gasteiger charge is 2.22. The van der Waals surface area contributed by atoms with Gasteiger partial charge in [-0.2, -0.15) is 0 Å². The summed E-state index contributed by atoms with van der Waals surface area (Å²) in [7, 11) is 1.67. The van der Waals surface area contributed by atoms with E-state index in [1.165, 1.54) is 10.4 Å². The molecule has 2 heterocycles. The lowest BCUT2D eigenvalue weighted by molar-refractivity contribution is -0.134. The number of methoxy groups -OCH3 is 1. The Labute approximate surface area is 147 Å². The number of rotatable bonds is 7. The molecular formula is C19H24N2O2S. The summed E-state index contributed by atoms with van der Waals surface area (Å²) in [6.07, 6.45) is 1.05. The summed E-state index contributed by atoms with van der Waals surface area (Å²) < 4.78 is 5.18. The first-order valence-corrected chi connectivity index (χ1v) is 9.22. The van der Waals surface area contributed by atoms with Crippen molar-refractivity contribution in [3.8, 4) is 0 Å². The Hall–Kier alpha value is -1.69. The maximum atomic E-state index is 12.8. The number of fused-ring (bicyclic) bond motifs is 1. The number of thiophene rings is 1. The molecule has 0 aliphatic carbocycles. The molecule has 0 saturated carbocycles. The minimum Gasteiger partial charge on any atom is -0.383 e. The molecule has 1 aliphatic rings. The summed E-state index contributed by atoms with van der Waals surface area (Å²) in [5.74, 6) is 0.176. The van der Waals surface area contributed by atoms with E-state index < -0.39 is 0 Å². The molecule has 1 aromatic carbocycles. The molecule has 3 rings (SSSR count). The van der Waals surface area contributed by atoms with Gasteiger partial charge in [0.2, 0.25) is 5.91 Å². The van der Waals surface area contributed by atoms with Crippen molar-refractivity contribution >= 4 is 17.2 Å². The van der Waals surface area contributed by atoms with Gasteiger partial charge in [-0.05, 0) is 29.0 Å². The number of benzene rings is 1. The Bertz CT molecular complexity index is 656. The molecule has 0 radical (unpaired) electrons. The summed E-state index contributed by atoms with van der Waals surface area (Å²) in [4.78, 5) is 18.4. The van der Waals surface area contributed by atoms with E-state index in [2.05, 4.69) is 28.5 Å². The fraction of sp³-hybridized carbons (Fsp3) is 0.421. The minimum absolute atomic E-state index is 0.176. The summed E-state index contributed by atoms with van der Waals surface area (Å²) in [6, 6.07) is 12.3. The van der Waals surface area contributed by atoms with E-state index in [1.54, 1.807) is 7.11 Å². The van der Waals surface area contributed by atoms with Crippen molar-refractivity contribution in [2.45, 2.75) is 19.5 Å². The second kappa shape index (κ2) is 8.42. The topological polar surface area (TPSA) is 32.8 Å². The highest BCUT2D eigenvalue weighted by Crippen LogP contribution is 2.23. The van der Waals surface area contributed by atoms with Gasteiger partial charge in [0.25, 0.3) is 0 Å². The molecular weight excluding hydrogens is 320 g/mol. The lowest BCUT2D eigenvalue weighted by Crippen LogP contribution is -2.42. The molecule has 24 heavy (non-hydrogen) atoms. The van der Waals surface area contributed by atoms with E-state index >= 15 is 0 Å². The summed E-state index contributed by atoms with van der Waals surface area (Å²) in [6.45, 7) is 4.15. The zero-order valence-corrected chi connectivity index (χ0v) is 14.9. The number of ether oxygens (including phenoxy) is 1. The Morgan fingerprint density at radius 1 is 1.29 bits per heavy atom. The number of nitrogens with zero attached hydrogens (tertiary/aromatic N) is 2. The van der Waals surface area contributed by atoms with E-state index in [-0.39, 0.29) is 5.91 Å². The van der Waals surface area contributed by atoms with Crippen molar-refractivity contribution in [3.05, 3.63) is 57.8 Å². The van der Waals surface area contributed by atoms with E-state index in [1.807, 2.05) is 34.4 Å². The molecule has 0 bridgehead atoms. The molecule has 0 fully saturated rings. The third-order valence-electron chi connectivity index (χ3n) is 4.38. The van der Waals surface area contributed by atoms with E-state index in [4.69, 9.17) is 4.74 Å². The molecule has 128 valence electrons. The zero-order chi connectivity index (χ0) is 16.8. The number of hydrogen-bond acceptors (Lipinski definition) is 4. The summed E-state index contributed by atoms with van der Waals surface area (Å²) in [5, 5.41) is 2.15. The normalized spacial score (nSPS) is 14.4. The third kappa shape index (κ3) is 4.44. The van der Waals surface area contributed by atoms with Crippen molar-refractivity contribution in [3.63, 3.8) is 0 Å². The van der Waals surface area contributed by atoms with Gasteiger partial charge in [0, 0.05) is 38.2 Å². The highest BCUT2D eigenvalue weighted by atomic mass is 32.1. The molecule has 4 nitrogen and oxygen atoms in total. The van der Waals surface area contributed by atoms with Crippen molar-refractivity contribution in [2.75, 3.05) is 33.4 Å². The Morgan fingerprint density at radius 3 is 2.92 bits per heavy atom. The quantitative estimate of drug-likeness (QED) is 0.774. The fourth-order valence-corrected chi connectivity index (χ4v) is 3.92. The number of amides is 1. The van der Waals surface area contributed by atoms with E-state index in [9.17, 15) is 4.79 Å². The van der Waals surface area contributed by atoms with Gasteiger partial charge in [-0.15, -0.1) is 11.3 Å². The lowest BCUT2D eigenvalue weighted by Gasteiger charge is -2.29. The van der Waals surface area contributed by atoms with Crippen LogP contribution in [0.2, 0.25) is 0 Å². The van der Waals surface area contributed by atoms with Crippen LogP contribution in [0.3, 0.4) is 0 Å². The van der Waals surface area contributed by atoms with Crippen molar-refractivity contribution < 1.29 is 9.53 Å². The molecule has 2 aromatic rings. The van der Waals surface area contributed by atoms with Crippen LogP contribution in [0.5, 0.6) is 0 Å². The molecule has 5 heteroatoms. The van der Waals surface area contributed by atoms with Crippen LogP contribution >= 0.6 is 11.3 Å².